The van der Waals surface area contributed by atoms with Gasteiger partial charge in [0, 0.05) is 6.54 Å². The van der Waals surface area contributed by atoms with Crippen molar-refractivity contribution < 1.29 is 19.1 Å². The van der Waals surface area contributed by atoms with E-state index >= 15 is 0 Å². The van der Waals surface area contributed by atoms with Gasteiger partial charge in [-0.05, 0) is 31.5 Å². The van der Waals surface area contributed by atoms with E-state index in [1.165, 1.54) is 0 Å². The van der Waals surface area contributed by atoms with Gasteiger partial charge in [-0.15, -0.1) is 0 Å². The predicted octanol–water partition coefficient (Wildman–Crippen LogP) is 2.76. The van der Waals surface area contributed by atoms with E-state index in [0.29, 0.717) is 15.6 Å². The second-order valence-corrected chi connectivity index (χ2v) is 6.49. The van der Waals surface area contributed by atoms with Crippen LogP contribution in [0.2, 0.25) is 10.0 Å². The molecule has 124 valence electrons. The van der Waals surface area contributed by atoms with Gasteiger partial charge in [-0.2, -0.15) is 0 Å². The first kappa shape index (κ1) is 17.6. The van der Waals surface area contributed by atoms with Gasteiger partial charge in [0.2, 0.25) is 0 Å². The van der Waals surface area contributed by atoms with Crippen LogP contribution in [0.1, 0.15) is 25.8 Å². The van der Waals surface area contributed by atoms with Crippen molar-refractivity contribution in [3.63, 3.8) is 0 Å². The Bertz CT molecular complexity index is 661. The highest BCUT2D eigenvalue weighted by Gasteiger charge is 2.44. The Labute approximate surface area is 143 Å². The third-order valence-corrected chi connectivity index (χ3v) is 4.11. The average Bonchev–Trinajstić information content (AvgIpc) is 2.67. The summed E-state index contributed by atoms with van der Waals surface area (Å²) in [6.07, 6.45) is -0.0729. The van der Waals surface area contributed by atoms with Crippen LogP contribution in [-0.4, -0.2) is 34.9 Å². The summed E-state index contributed by atoms with van der Waals surface area (Å²) >= 11 is 11.7. The van der Waals surface area contributed by atoms with Crippen LogP contribution < -0.4 is 5.32 Å². The van der Waals surface area contributed by atoms with Crippen LogP contribution >= 0.6 is 23.2 Å². The summed E-state index contributed by atoms with van der Waals surface area (Å²) in [5.41, 5.74) is -0.245. The van der Waals surface area contributed by atoms with Gasteiger partial charge < -0.3 is 10.1 Å². The lowest BCUT2D eigenvalue weighted by Crippen LogP contribution is -2.40. The largest absolute Gasteiger partial charge is 0.461 e. The summed E-state index contributed by atoms with van der Waals surface area (Å²) in [5, 5.41) is 3.34. The number of nitrogens with one attached hydrogen (secondary N) is 1. The molecule has 23 heavy (non-hydrogen) atoms. The molecule has 0 unspecified atom stereocenters. The molecule has 1 saturated heterocycles. The molecule has 0 atom stereocenters. The van der Waals surface area contributed by atoms with E-state index in [9.17, 15) is 14.4 Å². The molecule has 2 rings (SSSR count). The lowest BCUT2D eigenvalue weighted by molar-refractivity contribution is -0.145. The normalized spacial score (nSPS) is 16.4. The van der Waals surface area contributed by atoms with Crippen molar-refractivity contribution in [2.45, 2.75) is 32.4 Å². The van der Waals surface area contributed by atoms with Gasteiger partial charge in [0.15, 0.2) is 0 Å². The molecule has 0 saturated carbocycles. The molecule has 0 bridgehead atoms. The molecule has 1 aromatic rings. The quantitative estimate of drug-likeness (QED) is 0.648. The molecule has 1 aromatic carbocycles. The topological polar surface area (TPSA) is 75.7 Å². The average molecular weight is 359 g/mol. The highest BCUT2D eigenvalue weighted by molar-refractivity contribution is 6.42. The van der Waals surface area contributed by atoms with E-state index in [2.05, 4.69) is 5.32 Å². The van der Waals surface area contributed by atoms with Crippen LogP contribution in [0.5, 0.6) is 0 Å². The lowest BCUT2D eigenvalue weighted by Gasteiger charge is -2.15. The van der Waals surface area contributed by atoms with E-state index in [4.69, 9.17) is 27.9 Å². The van der Waals surface area contributed by atoms with Crippen molar-refractivity contribution in [1.29, 1.82) is 0 Å². The van der Waals surface area contributed by atoms with E-state index in [1.807, 2.05) is 0 Å². The monoisotopic (exact) mass is 358 g/mol. The number of benzene rings is 1. The van der Waals surface area contributed by atoms with Crippen molar-refractivity contribution in [1.82, 2.24) is 10.2 Å². The van der Waals surface area contributed by atoms with Crippen LogP contribution in [0.3, 0.4) is 0 Å². The van der Waals surface area contributed by atoms with Crippen LogP contribution in [0.4, 0.5) is 4.79 Å². The first-order valence-electron chi connectivity index (χ1n) is 6.94. The Morgan fingerprint density at radius 3 is 2.52 bits per heavy atom. The Morgan fingerprint density at radius 2 is 1.96 bits per heavy atom. The van der Waals surface area contributed by atoms with E-state index in [-0.39, 0.29) is 25.5 Å². The Balaban J connectivity index is 1.83. The molecule has 1 heterocycles. The van der Waals surface area contributed by atoms with E-state index in [1.54, 1.807) is 32.0 Å². The number of nitrogens with zero attached hydrogens (tertiary/aromatic N) is 1. The number of carbonyl (C=O) groups is 3. The van der Waals surface area contributed by atoms with Crippen molar-refractivity contribution in [3.05, 3.63) is 33.8 Å². The number of amides is 3. The van der Waals surface area contributed by atoms with Crippen LogP contribution in [0.15, 0.2) is 18.2 Å². The number of imide groups is 1. The van der Waals surface area contributed by atoms with Crippen molar-refractivity contribution >= 4 is 41.1 Å². The first-order chi connectivity index (χ1) is 10.7. The highest BCUT2D eigenvalue weighted by atomic mass is 35.5. The second-order valence-electron chi connectivity index (χ2n) is 5.67. The standard InChI is InChI=1S/C15H16Cl2N2O4/c1-15(2)13(21)19(14(22)18-15)6-5-12(20)23-8-9-3-4-10(16)11(17)7-9/h3-4,7H,5-6,8H2,1-2H3,(H,18,22). The number of carbonyl (C=O) groups excluding carboxylic acids is 3. The zero-order chi connectivity index (χ0) is 17.2. The molecule has 1 aliphatic heterocycles. The number of rotatable bonds is 5. The molecule has 6 nitrogen and oxygen atoms in total. The fraction of sp³-hybridized carbons (Fsp3) is 0.400. The molecular weight excluding hydrogens is 343 g/mol. The molecule has 0 aliphatic carbocycles. The smallest absolute Gasteiger partial charge is 0.325 e. The zero-order valence-corrected chi connectivity index (χ0v) is 14.2. The number of urea groups is 1. The maximum Gasteiger partial charge on any atom is 0.325 e. The summed E-state index contributed by atoms with van der Waals surface area (Å²) in [6.45, 7) is 3.24. The minimum atomic E-state index is -0.943. The molecule has 1 N–H and O–H groups in total. The molecule has 1 aliphatic rings. The molecule has 0 spiro atoms. The predicted molar refractivity (Wildman–Crippen MR) is 85.2 cm³/mol. The van der Waals surface area contributed by atoms with Crippen molar-refractivity contribution in [2.24, 2.45) is 0 Å². The third kappa shape index (κ3) is 4.14. The maximum atomic E-state index is 12.0. The molecule has 0 radical (unpaired) electrons. The number of esters is 1. The number of halogens is 2. The number of hydrogen-bond donors (Lipinski definition) is 1. The fourth-order valence-electron chi connectivity index (χ4n) is 2.09. The van der Waals surface area contributed by atoms with E-state index in [0.717, 1.165) is 4.90 Å². The summed E-state index contributed by atoms with van der Waals surface area (Å²) < 4.78 is 5.09. The Kier molecular flexibility index (Phi) is 5.16. The highest BCUT2D eigenvalue weighted by Crippen LogP contribution is 2.23. The fourth-order valence-corrected chi connectivity index (χ4v) is 2.41. The summed E-state index contributed by atoms with van der Waals surface area (Å²) in [5.74, 6) is -0.874. The lowest BCUT2D eigenvalue weighted by atomic mass is 10.1. The van der Waals surface area contributed by atoms with Gasteiger partial charge in [-0.25, -0.2) is 4.79 Å². The molecule has 8 heteroatoms. The molecular formula is C15H16Cl2N2O4. The first-order valence-corrected chi connectivity index (χ1v) is 7.70. The van der Waals surface area contributed by atoms with Crippen molar-refractivity contribution in [3.8, 4) is 0 Å². The van der Waals surface area contributed by atoms with Gasteiger partial charge in [0.05, 0.1) is 16.5 Å². The third-order valence-electron chi connectivity index (χ3n) is 3.37. The molecule has 0 aromatic heterocycles. The second kappa shape index (κ2) is 6.76. The van der Waals surface area contributed by atoms with Crippen LogP contribution in [0.25, 0.3) is 0 Å². The summed E-state index contributed by atoms with van der Waals surface area (Å²) in [7, 11) is 0. The minimum absolute atomic E-state index is 0.0195. The summed E-state index contributed by atoms with van der Waals surface area (Å²) in [6, 6.07) is 4.42. The van der Waals surface area contributed by atoms with E-state index < -0.39 is 17.5 Å². The van der Waals surface area contributed by atoms with Crippen LogP contribution in [0, 0.1) is 0 Å². The number of hydrogen-bond acceptors (Lipinski definition) is 4. The molecule has 1 fully saturated rings. The van der Waals surface area contributed by atoms with Gasteiger partial charge in [0.1, 0.15) is 12.1 Å². The number of ether oxygens (including phenoxy) is 1. The van der Waals surface area contributed by atoms with Gasteiger partial charge in [0.25, 0.3) is 5.91 Å². The summed E-state index contributed by atoms with van der Waals surface area (Å²) in [4.78, 5) is 36.4. The maximum absolute atomic E-state index is 12.0. The van der Waals surface area contributed by atoms with Crippen molar-refractivity contribution in [2.75, 3.05) is 6.54 Å². The van der Waals surface area contributed by atoms with Gasteiger partial charge in [-0.3, -0.25) is 14.5 Å². The Morgan fingerprint density at radius 1 is 1.26 bits per heavy atom. The van der Waals surface area contributed by atoms with Gasteiger partial charge >= 0.3 is 12.0 Å². The zero-order valence-electron chi connectivity index (χ0n) is 12.7. The van der Waals surface area contributed by atoms with Crippen LogP contribution in [-0.2, 0) is 20.9 Å². The molecule has 3 amide bonds. The minimum Gasteiger partial charge on any atom is -0.461 e. The Hall–Kier alpha value is -1.79. The van der Waals surface area contributed by atoms with Gasteiger partial charge in [-0.1, -0.05) is 29.3 Å². The SMILES string of the molecule is CC1(C)NC(=O)N(CCC(=O)OCc2ccc(Cl)c(Cl)c2)C1=O.